The molecule has 10 heteroatoms. The van der Waals surface area contributed by atoms with E-state index in [0.29, 0.717) is 6.42 Å². The minimum atomic E-state index is -4.99. The van der Waals surface area contributed by atoms with Gasteiger partial charge in [0, 0.05) is 12.5 Å². The Balaban J connectivity index is 1.62. The molecule has 0 aromatic heterocycles. The van der Waals surface area contributed by atoms with E-state index in [1.807, 2.05) is 59.2 Å². The zero-order valence-electron chi connectivity index (χ0n) is 18.4. The van der Waals surface area contributed by atoms with Crippen molar-refractivity contribution in [3.63, 3.8) is 0 Å². The van der Waals surface area contributed by atoms with Crippen molar-refractivity contribution >= 4 is 18.0 Å². The summed E-state index contributed by atoms with van der Waals surface area (Å²) in [6.07, 6.45) is -5.76. The molecule has 1 aliphatic carbocycles. The summed E-state index contributed by atoms with van der Waals surface area (Å²) in [5.41, 5.74) is 3.89. The highest BCUT2D eigenvalue weighted by Crippen LogP contribution is 2.44. The molecule has 0 aliphatic heterocycles. The average Bonchev–Trinajstić information content (AvgIpc) is 3.10. The Kier molecular flexibility index (Phi) is 7.80. The number of hydrogen-bond acceptors (Lipinski definition) is 4. The van der Waals surface area contributed by atoms with E-state index in [4.69, 9.17) is 9.84 Å². The number of ether oxygens (including phenoxy) is 1. The Morgan fingerprint density at radius 3 is 2.09 bits per heavy atom. The molecule has 0 saturated heterocycles. The first-order valence-corrected chi connectivity index (χ1v) is 10.8. The molecule has 182 valence electrons. The Hall–Kier alpha value is -3.56. The molecule has 2 aromatic rings. The second kappa shape index (κ2) is 10.6. The molecule has 34 heavy (non-hydrogen) atoms. The van der Waals surface area contributed by atoms with Crippen LogP contribution in [0.15, 0.2) is 48.5 Å². The quantitative estimate of drug-likeness (QED) is 0.504. The predicted molar refractivity (Wildman–Crippen MR) is 117 cm³/mol. The zero-order valence-corrected chi connectivity index (χ0v) is 18.4. The molecule has 1 unspecified atom stereocenters. The number of carboxylic acid groups (broad SMARTS) is 1. The van der Waals surface area contributed by atoms with Gasteiger partial charge in [-0.1, -0.05) is 61.9 Å². The number of benzene rings is 2. The molecule has 3 N–H and O–H groups in total. The van der Waals surface area contributed by atoms with E-state index < -0.39 is 42.7 Å². The van der Waals surface area contributed by atoms with Crippen molar-refractivity contribution < 1.29 is 37.4 Å². The van der Waals surface area contributed by atoms with Crippen LogP contribution in [0.2, 0.25) is 0 Å². The summed E-state index contributed by atoms with van der Waals surface area (Å²) >= 11 is 0. The Bertz CT molecular complexity index is 1010. The normalized spacial score (nSPS) is 14.5. The third kappa shape index (κ3) is 5.67. The van der Waals surface area contributed by atoms with Gasteiger partial charge in [0.05, 0.1) is 0 Å². The van der Waals surface area contributed by atoms with Crippen LogP contribution in [0.5, 0.6) is 0 Å². The Labute approximate surface area is 194 Å². The van der Waals surface area contributed by atoms with Crippen LogP contribution in [0.25, 0.3) is 11.1 Å². The summed E-state index contributed by atoms with van der Waals surface area (Å²) in [5, 5.41) is 13.0. The summed E-state index contributed by atoms with van der Waals surface area (Å²) < 4.78 is 45.5. The first-order valence-electron chi connectivity index (χ1n) is 10.8. The van der Waals surface area contributed by atoms with Gasteiger partial charge < -0.3 is 20.5 Å². The molecule has 2 atom stereocenters. The fraction of sp³-hybridized carbons (Fsp3) is 0.375. The highest BCUT2D eigenvalue weighted by Gasteiger charge is 2.46. The predicted octanol–water partition coefficient (Wildman–Crippen LogP) is 4.07. The molecular formula is C24H25F3N2O5. The average molecular weight is 478 g/mol. The lowest BCUT2D eigenvalue weighted by molar-refractivity contribution is -0.182. The van der Waals surface area contributed by atoms with Crippen molar-refractivity contribution in [2.24, 2.45) is 5.92 Å². The molecule has 1 aliphatic rings. The van der Waals surface area contributed by atoms with E-state index in [0.717, 1.165) is 22.3 Å². The van der Waals surface area contributed by atoms with Crippen molar-refractivity contribution in [3.05, 3.63) is 59.7 Å². The fourth-order valence-electron chi connectivity index (χ4n) is 4.01. The number of nitrogens with one attached hydrogen (secondary N) is 2. The fourth-order valence-corrected chi connectivity index (χ4v) is 4.01. The van der Waals surface area contributed by atoms with Gasteiger partial charge in [-0.2, -0.15) is 13.2 Å². The maximum absolute atomic E-state index is 13.4. The number of rotatable bonds is 9. The second-order valence-electron chi connectivity index (χ2n) is 7.99. The number of carboxylic acids is 1. The van der Waals surface area contributed by atoms with Crippen molar-refractivity contribution in [3.8, 4) is 11.1 Å². The topological polar surface area (TPSA) is 105 Å². The number of alkyl carbamates (subject to hydrolysis) is 1. The van der Waals surface area contributed by atoms with E-state index in [9.17, 15) is 27.6 Å². The molecule has 2 aromatic carbocycles. The van der Waals surface area contributed by atoms with Gasteiger partial charge in [0.2, 0.25) is 5.91 Å². The van der Waals surface area contributed by atoms with Gasteiger partial charge in [0.25, 0.3) is 0 Å². The molecule has 0 radical (unpaired) electrons. The number of alkyl halides is 3. The van der Waals surface area contributed by atoms with Crippen molar-refractivity contribution in [2.45, 2.75) is 37.9 Å². The van der Waals surface area contributed by atoms with Crippen LogP contribution in [-0.2, 0) is 14.3 Å². The molecule has 2 amide bonds. The van der Waals surface area contributed by atoms with E-state index in [-0.39, 0.29) is 18.9 Å². The maximum Gasteiger partial charge on any atom is 0.407 e. The first-order chi connectivity index (χ1) is 16.1. The summed E-state index contributed by atoms with van der Waals surface area (Å²) in [6, 6.07) is 13.7. The molecule has 0 fully saturated rings. The van der Waals surface area contributed by atoms with Gasteiger partial charge in [-0.15, -0.1) is 0 Å². The van der Waals surface area contributed by atoms with Crippen molar-refractivity contribution in [1.29, 1.82) is 0 Å². The first kappa shape index (κ1) is 25.1. The summed E-state index contributed by atoms with van der Waals surface area (Å²) in [4.78, 5) is 35.5. The Morgan fingerprint density at radius 2 is 1.59 bits per heavy atom. The van der Waals surface area contributed by atoms with Crippen LogP contribution in [0.1, 0.15) is 36.8 Å². The van der Waals surface area contributed by atoms with E-state index in [1.165, 1.54) is 0 Å². The van der Waals surface area contributed by atoms with E-state index >= 15 is 0 Å². The number of aliphatic carboxylic acids is 1. The molecule has 7 nitrogen and oxygen atoms in total. The molecule has 0 saturated carbocycles. The molecule has 0 spiro atoms. The zero-order chi connectivity index (χ0) is 24.9. The minimum absolute atomic E-state index is 0.0224. The number of hydrogen-bond donors (Lipinski definition) is 3. The third-order valence-electron chi connectivity index (χ3n) is 5.70. The Morgan fingerprint density at radius 1 is 1.03 bits per heavy atom. The third-order valence-corrected chi connectivity index (χ3v) is 5.70. The second-order valence-corrected chi connectivity index (χ2v) is 7.99. The van der Waals surface area contributed by atoms with Crippen LogP contribution >= 0.6 is 0 Å². The highest BCUT2D eigenvalue weighted by atomic mass is 19.4. The van der Waals surface area contributed by atoms with Crippen LogP contribution in [0.3, 0.4) is 0 Å². The summed E-state index contributed by atoms with van der Waals surface area (Å²) in [6.45, 7) is 0.465. The van der Waals surface area contributed by atoms with Gasteiger partial charge in [-0.3, -0.25) is 4.79 Å². The summed E-state index contributed by atoms with van der Waals surface area (Å²) in [5.74, 6) is -5.84. The van der Waals surface area contributed by atoms with E-state index in [1.54, 1.807) is 6.92 Å². The molecular weight excluding hydrogens is 453 g/mol. The van der Waals surface area contributed by atoms with Crippen LogP contribution in [0, 0.1) is 5.92 Å². The number of fused-ring (bicyclic) bond motifs is 3. The lowest BCUT2D eigenvalue weighted by Crippen LogP contribution is -2.50. The van der Waals surface area contributed by atoms with Gasteiger partial charge in [0.15, 0.2) is 5.92 Å². The molecule has 3 rings (SSSR count). The van der Waals surface area contributed by atoms with Gasteiger partial charge in [0.1, 0.15) is 12.6 Å². The van der Waals surface area contributed by atoms with Crippen molar-refractivity contribution in [1.82, 2.24) is 10.6 Å². The van der Waals surface area contributed by atoms with Crippen LogP contribution in [-0.4, -0.2) is 48.4 Å². The van der Waals surface area contributed by atoms with E-state index in [2.05, 4.69) is 0 Å². The lowest BCUT2D eigenvalue weighted by Gasteiger charge is -2.22. The van der Waals surface area contributed by atoms with Gasteiger partial charge in [-0.25, -0.2) is 9.59 Å². The standard InChI is InChI=1S/C24H25F3N2O5/c1-2-7-20(22(31)32)29-21(30)19(24(25,26)27)12-28-23(33)34-13-18-16-10-5-3-8-14(16)15-9-4-6-11-17(15)18/h3-6,8-11,18-20H,2,7,12-13H2,1H3,(H,28,33)(H,29,30)(H,31,32)/t19?,20-/m0/s1. The smallest absolute Gasteiger partial charge is 0.407 e. The molecule has 0 heterocycles. The number of amides is 2. The number of carbonyl (C=O) groups is 3. The minimum Gasteiger partial charge on any atom is -0.480 e. The van der Waals surface area contributed by atoms with Crippen molar-refractivity contribution in [2.75, 3.05) is 13.2 Å². The number of halogens is 3. The number of carbonyl (C=O) groups excluding carboxylic acids is 2. The van der Waals surface area contributed by atoms with Crippen LogP contribution in [0.4, 0.5) is 18.0 Å². The largest absolute Gasteiger partial charge is 0.480 e. The van der Waals surface area contributed by atoms with Gasteiger partial charge in [-0.05, 0) is 28.7 Å². The van der Waals surface area contributed by atoms with Gasteiger partial charge >= 0.3 is 18.2 Å². The van der Waals surface area contributed by atoms with Crippen LogP contribution < -0.4 is 10.6 Å². The SMILES string of the molecule is CCC[C@H](NC(=O)C(CNC(=O)OCC1c2ccccc2-c2ccccc21)C(F)(F)F)C(=O)O. The lowest BCUT2D eigenvalue weighted by atomic mass is 9.98. The monoisotopic (exact) mass is 478 g/mol. The maximum atomic E-state index is 13.4. The highest BCUT2D eigenvalue weighted by molar-refractivity contribution is 5.86. The molecule has 0 bridgehead atoms. The summed E-state index contributed by atoms with van der Waals surface area (Å²) in [7, 11) is 0.